The summed E-state index contributed by atoms with van der Waals surface area (Å²) in [5.74, 6) is -0.649. The van der Waals surface area contributed by atoms with Crippen LogP contribution in [0.3, 0.4) is 0 Å². The number of amides is 1. The summed E-state index contributed by atoms with van der Waals surface area (Å²) in [5, 5.41) is 3.35. The number of hydrogen-bond donors (Lipinski definition) is 1. The maximum atomic E-state index is 13.0. The Hall–Kier alpha value is -4.16. The van der Waals surface area contributed by atoms with Crippen molar-refractivity contribution in [3.8, 4) is 0 Å². The Bertz CT molecular complexity index is 1400. The quantitative estimate of drug-likeness (QED) is 0.222. The van der Waals surface area contributed by atoms with Gasteiger partial charge in [0.2, 0.25) is 6.41 Å². The third kappa shape index (κ3) is 6.60. The number of methoxy groups -OCH3 is 1. The highest BCUT2D eigenvalue weighted by Gasteiger charge is 2.38. The molecule has 1 saturated heterocycles. The number of likely N-dealkylation sites (tertiary alicyclic amines) is 1. The largest absolute Gasteiger partial charge is 0.466 e. The molecule has 3 aromatic rings. The van der Waals surface area contributed by atoms with Gasteiger partial charge >= 0.3 is 5.97 Å². The molecule has 2 heterocycles. The zero-order valence-corrected chi connectivity index (χ0v) is 25.6. The maximum Gasteiger partial charge on any atom is 0.336 e. The number of nitrogens with one attached hydrogen (secondary N) is 1. The number of dihydropyridines is 1. The second kappa shape index (κ2) is 13.9. The standard InChI is InChI=1S/C37H43N3O3/c1-28-34(36(42)43-3)33(26-30-14-7-4-8-15-30)35(29(2)38-28)40(27-41)23-13-22-39-24-20-37(21-25-39,31-16-9-5-10-17-31)32-18-11-6-12-19-32/h4-12,14-19,27,33,38H,13,20-26H2,1-3H3. The summed E-state index contributed by atoms with van der Waals surface area (Å²) >= 11 is 0. The van der Waals surface area contributed by atoms with Gasteiger partial charge in [-0.2, -0.15) is 0 Å². The molecule has 0 aromatic heterocycles. The number of piperidine rings is 1. The van der Waals surface area contributed by atoms with E-state index in [0.29, 0.717) is 18.5 Å². The lowest BCUT2D eigenvalue weighted by Gasteiger charge is -2.43. The fourth-order valence-electron chi connectivity index (χ4n) is 7.05. The van der Waals surface area contributed by atoms with Crippen molar-refractivity contribution in [2.75, 3.05) is 33.3 Å². The molecule has 1 amide bonds. The smallest absolute Gasteiger partial charge is 0.336 e. The second-order valence-electron chi connectivity index (χ2n) is 11.7. The minimum atomic E-state index is -0.365. The SMILES string of the molecule is COC(=O)C1=C(C)NC(C)=C(N(C=O)CCCN2CCC(c3ccccc3)(c3ccccc3)CC2)C1Cc1ccccc1. The third-order valence-corrected chi connectivity index (χ3v) is 9.20. The summed E-state index contributed by atoms with van der Waals surface area (Å²) in [6, 6.07) is 31.9. The molecule has 0 radical (unpaired) electrons. The number of carbonyl (C=O) groups is 2. The first-order valence-corrected chi connectivity index (χ1v) is 15.3. The molecule has 0 saturated carbocycles. The Balaban J connectivity index is 1.28. The van der Waals surface area contributed by atoms with Crippen molar-refractivity contribution in [3.63, 3.8) is 0 Å². The lowest BCUT2D eigenvalue weighted by molar-refractivity contribution is -0.137. The fourth-order valence-corrected chi connectivity index (χ4v) is 7.05. The predicted octanol–water partition coefficient (Wildman–Crippen LogP) is 6.06. The Morgan fingerprint density at radius 1 is 0.907 bits per heavy atom. The van der Waals surface area contributed by atoms with Crippen LogP contribution in [0.15, 0.2) is 114 Å². The Kier molecular flexibility index (Phi) is 9.78. The van der Waals surface area contributed by atoms with Gasteiger partial charge in [0.05, 0.1) is 12.7 Å². The van der Waals surface area contributed by atoms with Crippen molar-refractivity contribution >= 4 is 12.4 Å². The predicted molar refractivity (Wildman–Crippen MR) is 171 cm³/mol. The molecule has 6 nitrogen and oxygen atoms in total. The number of esters is 1. The van der Waals surface area contributed by atoms with Crippen LogP contribution in [-0.2, 0) is 26.2 Å². The van der Waals surface area contributed by atoms with Crippen LogP contribution in [0.1, 0.15) is 49.8 Å². The number of nitrogens with zero attached hydrogens (tertiary/aromatic N) is 2. The molecule has 1 atom stereocenters. The van der Waals surface area contributed by atoms with Crippen molar-refractivity contribution in [1.82, 2.24) is 15.1 Å². The van der Waals surface area contributed by atoms with Crippen molar-refractivity contribution in [2.45, 2.75) is 44.9 Å². The van der Waals surface area contributed by atoms with E-state index in [9.17, 15) is 9.59 Å². The monoisotopic (exact) mass is 577 g/mol. The fraction of sp³-hybridized carbons (Fsp3) is 0.351. The van der Waals surface area contributed by atoms with Gasteiger partial charge in [0.25, 0.3) is 0 Å². The highest BCUT2D eigenvalue weighted by molar-refractivity contribution is 5.91. The number of carbonyl (C=O) groups excluding carboxylic acids is 2. The van der Waals surface area contributed by atoms with Crippen molar-refractivity contribution in [2.24, 2.45) is 5.92 Å². The van der Waals surface area contributed by atoms with Gasteiger partial charge in [-0.1, -0.05) is 91.0 Å². The molecule has 3 aromatic carbocycles. The van der Waals surface area contributed by atoms with Gasteiger partial charge in [-0.3, -0.25) is 4.79 Å². The van der Waals surface area contributed by atoms with Gasteiger partial charge in [-0.15, -0.1) is 0 Å². The van der Waals surface area contributed by atoms with Crippen molar-refractivity contribution in [3.05, 3.63) is 130 Å². The zero-order chi connectivity index (χ0) is 30.2. The molecule has 0 bridgehead atoms. The molecule has 2 aliphatic rings. The van der Waals surface area contributed by atoms with Gasteiger partial charge in [-0.05, 0) is 75.9 Å². The third-order valence-electron chi connectivity index (χ3n) is 9.20. The molecule has 6 heteroatoms. The van der Waals surface area contributed by atoms with E-state index >= 15 is 0 Å². The number of allylic oxidation sites excluding steroid dienone is 3. The normalized spacial score (nSPS) is 18.6. The van der Waals surface area contributed by atoms with Crippen LogP contribution in [-0.4, -0.2) is 55.5 Å². The van der Waals surface area contributed by atoms with Gasteiger partial charge in [0.1, 0.15) is 0 Å². The lowest BCUT2D eigenvalue weighted by Crippen LogP contribution is -2.44. The topological polar surface area (TPSA) is 61.9 Å². The number of ether oxygens (including phenoxy) is 1. The van der Waals surface area contributed by atoms with E-state index in [2.05, 4.69) is 83.0 Å². The highest BCUT2D eigenvalue weighted by atomic mass is 16.5. The van der Waals surface area contributed by atoms with Gasteiger partial charge in [0, 0.05) is 35.0 Å². The van der Waals surface area contributed by atoms with E-state index in [1.165, 1.54) is 18.2 Å². The summed E-state index contributed by atoms with van der Waals surface area (Å²) in [4.78, 5) is 29.9. The summed E-state index contributed by atoms with van der Waals surface area (Å²) in [6.45, 7) is 7.37. The van der Waals surface area contributed by atoms with Crippen molar-refractivity contribution in [1.29, 1.82) is 0 Å². The lowest BCUT2D eigenvalue weighted by atomic mass is 9.68. The molecular formula is C37H43N3O3. The molecular weight excluding hydrogens is 534 g/mol. The first kappa shape index (κ1) is 30.3. The molecule has 1 unspecified atom stereocenters. The average molecular weight is 578 g/mol. The van der Waals surface area contributed by atoms with Gasteiger partial charge in [-0.25, -0.2) is 4.79 Å². The number of rotatable bonds is 11. The summed E-state index contributed by atoms with van der Waals surface area (Å²) in [7, 11) is 1.41. The number of benzene rings is 3. The molecule has 1 N–H and O–H groups in total. The molecule has 2 aliphatic heterocycles. The maximum absolute atomic E-state index is 13.0. The van der Waals surface area contributed by atoms with Gasteiger partial charge < -0.3 is 19.9 Å². The zero-order valence-electron chi connectivity index (χ0n) is 25.6. The van der Waals surface area contributed by atoms with Crippen LogP contribution < -0.4 is 5.32 Å². The van der Waals surface area contributed by atoms with Crippen LogP contribution in [0.5, 0.6) is 0 Å². The minimum Gasteiger partial charge on any atom is -0.466 e. The van der Waals surface area contributed by atoms with E-state index < -0.39 is 0 Å². The van der Waals surface area contributed by atoms with E-state index in [1.54, 1.807) is 4.90 Å². The molecule has 1 fully saturated rings. The van der Waals surface area contributed by atoms with E-state index in [-0.39, 0.29) is 17.3 Å². The van der Waals surface area contributed by atoms with Gasteiger partial charge in [0.15, 0.2) is 0 Å². The minimum absolute atomic E-state index is 0.0166. The molecule has 0 spiro atoms. The highest BCUT2D eigenvalue weighted by Crippen LogP contribution is 2.42. The Labute approximate surface area is 256 Å². The first-order chi connectivity index (χ1) is 21.0. The van der Waals surface area contributed by atoms with E-state index in [1.807, 2.05) is 32.0 Å². The van der Waals surface area contributed by atoms with Crippen LogP contribution in [0.4, 0.5) is 0 Å². The average Bonchev–Trinajstić information content (AvgIpc) is 3.05. The summed E-state index contributed by atoms with van der Waals surface area (Å²) < 4.78 is 5.19. The summed E-state index contributed by atoms with van der Waals surface area (Å²) in [6.07, 6.45) is 4.47. The van der Waals surface area contributed by atoms with Crippen LogP contribution in [0.25, 0.3) is 0 Å². The Morgan fingerprint density at radius 3 is 2.00 bits per heavy atom. The van der Waals surface area contributed by atoms with E-state index in [0.717, 1.165) is 68.0 Å². The molecule has 0 aliphatic carbocycles. The number of hydrogen-bond acceptors (Lipinski definition) is 5. The molecule has 224 valence electrons. The summed E-state index contributed by atoms with van der Waals surface area (Å²) in [5.41, 5.74) is 6.98. The van der Waals surface area contributed by atoms with Crippen LogP contribution in [0.2, 0.25) is 0 Å². The first-order valence-electron chi connectivity index (χ1n) is 15.3. The second-order valence-corrected chi connectivity index (χ2v) is 11.7. The molecule has 5 rings (SSSR count). The van der Waals surface area contributed by atoms with Crippen LogP contribution >= 0.6 is 0 Å². The van der Waals surface area contributed by atoms with E-state index in [4.69, 9.17) is 4.74 Å². The van der Waals surface area contributed by atoms with Crippen LogP contribution in [0, 0.1) is 5.92 Å². The Morgan fingerprint density at radius 2 is 1.47 bits per heavy atom. The van der Waals surface area contributed by atoms with Crippen molar-refractivity contribution < 1.29 is 14.3 Å². The molecule has 43 heavy (non-hydrogen) atoms.